The molecule has 5 nitrogen and oxygen atoms in total. The van der Waals surface area contributed by atoms with Crippen molar-refractivity contribution in [3.05, 3.63) is 0 Å². The van der Waals surface area contributed by atoms with Crippen molar-refractivity contribution in [2.75, 3.05) is 6.54 Å². The fourth-order valence-corrected chi connectivity index (χ4v) is 2.84. The highest BCUT2D eigenvalue weighted by Gasteiger charge is 2.38. The van der Waals surface area contributed by atoms with Crippen molar-refractivity contribution in [1.29, 1.82) is 0 Å². The molecule has 17 heavy (non-hydrogen) atoms. The van der Waals surface area contributed by atoms with E-state index in [2.05, 4.69) is 5.32 Å². The zero-order chi connectivity index (χ0) is 12.4. The van der Waals surface area contributed by atoms with E-state index in [0.717, 1.165) is 25.7 Å². The normalized spacial score (nSPS) is 30.5. The Morgan fingerprint density at radius 1 is 1.53 bits per heavy atom. The summed E-state index contributed by atoms with van der Waals surface area (Å²) in [6, 6.07) is 0.198. The molecule has 2 aliphatic rings. The second-order valence-corrected chi connectivity index (χ2v) is 5.23. The second-order valence-electron chi connectivity index (χ2n) is 5.23. The van der Waals surface area contributed by atoms with Crippen molar-refractivity contribution < 1.29 is 9.59 Å². The van der Waals surface area contributed by atoms with Crippen molar-refractivity contribution in [3.8, 4) is 0 Å². The quantitative estimate of drug-likeness (QED) is 0.712. The maximum atomic E-state index is 12.1. The smallest absolute Gasteiger partial charge is 0.239 e. The first-order chi connectivity index (χ1) is 8.08. The number of piperazine rings is 1. The molecule has 1 aliphatic carbocycles. The summed E-state index contributed by atoms with van der Waals surface area (Å²) in [5.41, 5.74) is 5.65. The van der Waals surface area contributed by atoms with Crippen LogP contribution < -0.4 is 11.1 Å². The first kappa shape index (κ1) is 12.4. The van der Waals surface area contributed by atoms with Crippen LogP contribution in [0.5, 0.6) is 0 Å². The fourth-order valence-electron chi connectivity index (χ4n) is 2.84. The molecular weight excluding hydrogens is 218 g/mol. The molecular formula is C12H21N3O2. The van der Waals surface area contributed by atoms with Crippen LogP contribution in [0.1, 0.15) is 39.0 Å². The number of hydrogen-bond acceptors (Lipinski definition) is 3. The molecule has 2 fully saturated rings. The van der Waals surface area contributed by atoms with E-state index in [1.165, 1.54) is 0 Å². The van der Waals surface area contributed by atoms with Crippen LogP contribution in [0.2, 0.25) is 0 Å². The van der Waals surface area contributed by atoms with Crippen LogP contribution in [0.3, 0.4) is 0 Å². The predicted octanol–water partition coefficient (Wildman–Crippen LogP) is -0.00670. The lowest BCUT2D eigenvalue weighted by molar-refractivity contribution is -0.144. The van der Waals surface area contributed by atoms with Gasteiger partial charge in [-0.3, -0.25) is 9.59 Å². The van der Waals surface area contributed by atoms with Gasteiger partial charge in [0.15, 0.2) is 0 Å². The van der Waals surface area contributed by atoms with E-state index in [-0.39, 0.29) is 36.5 Å². The highest BCUT2D eigenvalue weighted by Crippen LogP contribution is 2.26. The minimum atomic E-state index is -0.144. The van der Waals surface area contributed by atoms with E-state index in [1.54, 1.807) is 4.90 Å². The van der Waals surface area contributed by atoms with E-state index in [1.807, 2.05) is 6.92 Å². The van der Waals surface area contributed by atoms with Gasteiger partial charge in [-0.15, -0.1) is 0 Å². The van der Waals surface area contributed by atoms with Crippen LogP contribution in [0.25, 0.3) is 0 Å². The molecule has 5 heteroatoms. The first-order valence-corrected chi connectivity index (χ1v) is 6.42. The minimum absolute atomic E-state index is 0.0201. The van der Waals surface area contributed by atoms with Crippen LogP contribution in [0.15, 0.2) is 0 Å². The summed E-state index contributed by atoms with van der Waals surface area (Å²) >= 11 is 0. The van der Waals surface area contributed by atoms with Gasteiger partial charge in [0.05, 0.1) is 12.6 Å². The zero-order valence-corrected chi connectivity index (χ0v) is 10.3. The Labute approximate surface area is 102 Å². The standard InChI is InChI=1S/C12H21N3O2/c1-8(13)6-12(17)15-7-11(16)14-9-4-2-3-5-10(9)15/h8-10H,2-7,13H2,1H3,(H,14,16). The van der Waals surface area contributed by atoms with Crippen molar-refractivity contribution in [3.63, 3.8) is 0 Å². The lowest BCUT2D eigenvalue weighted by atomic mass is 9.87. The lowest BCUT2D eigenvalue weighted by Crippen LogP contribution is -2.63. The van der Waals surface area contributed by atoms with Crippen LogP contribution in [-0.4, -0.2) is 41.4 Å². The summed E-state index contributed by atoms with van der Waals surface area (Å²) < 4.78 is 0. The maximum Gasteiger partial charge on any atom is 0.239 e. The molecule has 0 spiro atoms. The van der Waals surface area contributed by atoms with Gasteiger partial charge in [0.1, 0.15) is 0 Å². The van der Waals surface area contributed by atoms with E-state index >= 15 is 0 Å². The number of nitrogens with zero attached hydrogens (tertiary/aromatic N) is 1. The maximum absolute atomic E-state index is 12.1. The van der Waals surface area contributed by atoms with Crippen molar-refractivity contribution in [1.82, 2.24) is 10.2 Å². The monoisotopic (exact) mass is 239 g/mol. The number of hydrogen-bond donors (Lipinski definition) is 2. The number of fused-ring (bicyclic) bond motifs is 1. The Morgan fingerprint density at radius 2 is 2.24 bits per heavy atom. The Morgan fingerprint density at radius 3 is 2.94 bits per heavy atom. The van der Waals surface area contributed by atoms with Gasteiger partial charge in [-0.2, -0.15) is 0 Å². The molecule has 0 aromatic carbocycles. The molecule has 2 amide bonds. The van der Waals surface area contributed by atoms with E-state index in [9.17, 15) is 9.59 Å². The Hall–Kier alpha value is -1.10. The molecule has 96 valence electrons. The minimum Gasteiger partial charge on any atom is -0.350 e. The third-order valence-electron chi connectivity index (χ3n) is 3.61. The van der Waals surface area contributed by atoms with E-state index in [0.29, 0.717) is 6.42 Å². The fraction of sp³-hybridized carbons (Fsp3) is 0.833. The molecule has 0 aromatic rings. The van der Waals surface area contributed by atoms with Crippen LogP contribution >= 0.6 is 0 Å². The lowest BCUT2D eigenvalue weighted by Gasteiger charge is -2.44. The Kier molecular flexibility index (Phi) is 3.66. The molecule has 1 heterocycles. The largest absolute Gasteiger partial charge is 0.350 e. The van der Waals surface area contributed by atoms with Gasteiger partial charge >= 0.3 is 0 Å². The number of nitrogens with one attached hydrogen (secondary N) is 1. The molecule has 3 atom stereocenters. The summed E-state index contributed by atoms with van der Waals surface area (Å²) in [5, 5.41) is 2.99. The van der Waals surface area contributed by atoms with Crippen molar-refractivity contribution >= 4 is 11.8 Å². The second kappa shape index (κ2) is 5.04. The Bertz CT molecular complexity index is 317. The highest BCUT2D eigenvalue weighted by atomic mass is 16.2. The molecule has 1 saturated heterocycles. The summed E-state index contributed by atoms with van der Waals surface area (Å²) in [5.74, 6) is -0.0158. The third-order valence-corrected chi connectivity index (χ3v) is 3.61. The molecule has 3 unspecified atom stereocenters. The van der Waals surface area contributed by atoms with Gasteiger partial charge in [0.25, 0.3) is 0 Å². The van der Waals surface area contributed by atoms with E-state index in [4.69, 9.17) is 5.73 Å². The molecule has 0 radical (unpaired) electrons. The van der Waals surface area contributed by atoms with Crippen LogP contribution in [0.4, 0.5) is 0 Å². The summed E-state index contributed by atoms with van der Waals surface area (Å²) in [6.45, 7) is 2.02. The summed E-state index contributed by atoms with van der Waals surface area (Å²) in [7, 11) is 0. The number of carbonyl (C=O) groups excluding carboxylic acids is 2. The number of amides is 2. The Balaban J connectivity index is 2.07. The molecule has 2 rings (SSSR count). The molecule has 1 saturated carbocycles. The zero-order valence-electron chi connectivity index (χ0n) is 10.3. The molecule has 1 aliphatic heterocycles. The average molecular weight is 239 g/mol. The predicted molar refractivity (Wildman–Crippen MR) is 64.2 cm³/mol. The number of carbonyl (C=O) groups is 2. The van der Waals surface area contributed by atoms with Gasteiger partial charge in [-0.25, -0.2) is 0 Å². The van der Waals surface area contributed by atoms with Gasteiger partial charge < -0.3 is 16.0 Å². The molecule has 3 N–H and O–H groups in total. The molecule has 0 aromatic heterocycles. The summed E-state index contributed by atoms with van der Waals surface area (Å²) in [4.78, 5) is 25.4. The average Bonchev–Trinajstić information content (AvgIpc) is 2.26. The third kappa shape index (κ3) is 2.77. The topological polar surface area (TPSA) is 75.4 Å². The van der Waals surface area contributed by atoms with Gasteiger partial charge in [0, 0.05) is 18.5 Å². The highest BCUT2D eigenvalue weighted by molar-refractivity contribution is 5.87. The van der Waals surface area contributed by atoms with Crippen molar-refractivity contribution in [2.24, 2.45) is 5.73 Å². The van der Waals surface area contributed by atoms with Gasteiger partial charge in [0.2, 0.25) is 11.8 Å². The van der Waals surface area contributed by atoms with Gasteiger partial charge in [-0.1, -0.05) is 12.8 Å². The van der Waals surface area contributed by atoms with E-state index < -0.39 is 0 Å². The SMILES string of the molecule is CC(N)CC(=O)N1CC(=O)NC2CCCCC21. The number of rotatable bonds is 2. The van der Waals surface area contributed by atoms with Crippen LogP contribution in [0, 0.1) is 0 Å². The first-order valence-electron chi connectivity index (χ1n) is 6.42. The number of nitrogens with two attached hydrogens (primary N) is 1. The summed E-state index contributed by atoms with van der Waals surface area (Å²) in [6.07, 6.45) is 4.58. The van der Waals surface area contributed by atoms with Gasteiger partial charge in [-0.05, 0) is 19.8 Å². The van der Waals surface area contributed by atoms with Crippen molar-refractivity contribution in [2.45, 2.75) is 57.2 Å². The molecule has 0 bridgehead atoms. The van der Waals surface area contributed by atoms with Crippen LogP contribution in [-0.2, 0) is 9.59 Å².